The predicted octanol–water partition coefficient (Wildman–Crippen LogP) is 0.137. The van der Waals surface area contributed by atoms with Crippen molar-refractivity contribution in [1.29, 1.82) is 0 Å². The highest BCUT2D eigenvalue weighted by Gasteiger charge is 2.08. The van der Waals surface area contributed by atoms with Crippen LogP contribution in [0.3, 0.4) is 0 Å². The van der Waals surface area contributed by atoms with Crippen LogP contribution >= 0.6 is 12.4 Å². The zero-order chi connectivity index (χ0) is 8.15. The van der Waals surface area contributed by atoms with E-state index < -0.39 is 24.9 Å². The van der Waals surface area contributed by atoms with Crippen LogP contribution in [0.15, 0.2) is 0 Å². The van der Waals surface area contributed by atoms with Crippen LogP contribution in [-0.2, 0) is 4.79 Å². The molecular formula is C5H11ClF2N2O. The summed E-state index contributed by atoms with van der Waals surface area (Å²) in [7, 11) is 0. The average Bonchev–Trinajstić information content (AvgIpc) is 1.82. The largest absolute Gasteiger partial charge is 0.349 e. The van der Waals surface area contributed by atoms with Gasteiger partial charge in [0.05, 0.1) is 12.6 Å². The van der Waals surface area contributed by atoms with Gasteiger partial charge in [-0.1, -0.05) is 0 Å². The molecule has 1 atom stereocenters. The molecule has 0 bridgehead atoms. The summed E-state index contributed by atoms with van der Waals surface area (Å²) in [6.45, 7) is 0.807. The first-order valence-electron chi connectivity index (χ1n) is 2.85. The summed E-state index contributed by atoms with van der Waals surface area (Å²) in [5, 5.41) is 1.97. The molecule has 0 saturated carbocycles. The van der Waals surface area contributed by atoms with E-state index >= 15 is 0 Å². The molecule has 0 aromatic heterocycles. The van der Waals surface area contributed by atoms with Gasteiger partial charge in [0.15, 0.2) is 0 Å². The molecule has 11 heavy (non-hydrogen) atoms. The van der Waals surface area contributed by atoms with E-state index in [-0.39, 0.29) is 12.4 Å². The lowest BCUT2D eigenvalue weighted by Crippen LogP contribution is -2.40. The smallest absolute Gasteiger partial charge is 0.255 e. The standard InChI is InChI=1S/C5H10F2N2O.ClH/c1-3(8)5(10)9-2-4(6)7;/h3-4H,2,8H2,1H3,(H,9,10);1H/t3-;/m1./s1. The summed E-state index contributed by atoms with van der Waals surface area (Å²) < 4.78 is 22.8. The third-order valence-corrected chi connectivity index (χ3v) is 0.844. The normalized spacial score (nSPS) is 12.1. The fourth-order valence-electron chi connectivity index (χ4n) is 0.339. The van der Waals surface area contributed by atoms with E-state index in [1.54, 1.807) is 0 Å². The molecule has 3 nitrogen and oxygen atoms in total. The molecule has 0 aromatic rings. The molecule has 0 aliphatic carbocycles. The van der Waals surface area contributed by atoms with E-state index in [2.05, 4.69) is 0 Å². The van der Waals surface area contributed by atoms with Crippen LogP contribution in [0, 0.1) is 0 Å². The lowest BCUT2D eigenvalue weighted by Gasteiger charge is -2.05. The molecule has 0 rings (SSSR count). The Hall–Kier alpha value is -0.420. The molecule has 68 valence electrons. The molecule has 0 aromatic carbocycles. The third kappa shape index (κ3) is 7.48. The molecule has 0 unspecified atom stereocenters. The Morgan fingerprint density at radius 2 is 2.09 bits per heavy atom. The number of halogens is 3. The average molecular weight is 189 g/mol. The molecule has 3 N–H and O–H groups in total. The van der Waals surface area contributed by atoms with E-state index in [4.69, 9.17) is 5.73 Å². The van der Waals surface area contributed by atoms with Gasteiger partial charge in [-0.3, -0.25) is 4.79 Å². The molecule has 0 saturated heterocycles. The van der Waals surface area contributed by atoms with E-state index in [1.807, 2.05) is 5.32 Å². The predicted molar refractivity (Wildman–Crippen MR) is 39.9 cm³/mol. The Morgan fingerprint density at radius 3 is 2.36 bits per heavy atom. The van der Waals surface area contributed by atoms with E-state index in [1.165, 1.54) is 6.92 Å². The van der Waals surface area contributed by atoms with Crippen molar-refractivity contribution in [2.45, 2.75) is 19.4 Å². The number of nitrogens with two attached hydrogens (primary N) is 1. The van der Waals surface area contributed by atoms with Crippen molar-refractivity contribution in [3.63, 3.8) is 0 Å². The lowest BCUT2D eigenvalue weighted by atomic mass is 10.3. The van der Waals surface area contributed by atoms with Gasteiger partial charge in [0.25, 0.3) is 6.43 Å². The first-order valence-corrected chi connectivity index (χ1v) is 2.85. The van der Waals surface area contributed by atoms with Gasteiger partial charge in [-0.05, 0) is 6.92 Å². The number of nitrogens with one attached hydrogen (secondary N) is 1. The van der Waals surface area contributed by atoms with Gasteiger partial charge in [0, 0.05) is 0 Å². The number of hydrogen-bond donors (Lipinski definition) is 2. The van der Waals surface area contributed by atoms with Crippen molar-refractivity contribution in [3.8, 4) is 0 Å². The Balaban J connectivity index is 0. The minimum atomic E-state index is -2.51. The fraction of sp³-hybridized carbons (Fsp3) is 0.800. The molecule has 0 heterocycles. The van der Waals surface area contributed by atoms with Crippen molar-refractivity contribution in [2.75, 3.05) is 6.54 Å². The topological polar surface area (TPSA) is 55.1 Å². The first-order chi connectivity index (χ1) is 4.54. The zero-order valence-electron chi connectivity index (χ0n) is 6.01. The number of rotatable bonds is 3. The van der Waals surface area contributed by atoms with Crippen molar-refractivity contribution >= 4 is 18.3 Å². The van der Waals surface area contributed by atoms with E-state index in [0.29, 0.717) is 0 Å². The molecule has 0 aliphatic rings. The van der Waals surface area contributed by atoms with Crippen LogP contribution in [0.2, 0.25) is 0 Å². The SMILES string of the molecule is C[C@@H](N)C(=O)NCC(F)F.Cl. The van der Waals surface area contributed by atoms with Gasteiger partial charge < -0.3 is 11.1 Å². The van der Waals surface area contributed by atoms with Gasteiger partial charge in [-0.15, -0.1) is 12.4 Å². The molecule has 0 spiro atoms. The molecule has 0 fully saturated rings. The van der Waals surface area contributed by atoms with Crippen molar-refractivity contribution in [3.05, 3.63) is 0 Å². The quantitative estimate of drug-likeness (QED) is 0.662. The summed E-state index contributed by atoms with van der Waals surface area (Å²) in [6, 6.07) is -0.723. The van der Waals surface area contributed by atoms with E-state index in [0.717, 1.165) is 0 Å². The maximum Gasteiger partial charge on any atom is 0.255 e. The number of alkyl halides is 2. The minimum absolute atomic E-state index is 0. The van der Waals surface area contributed by atoms with Gasteiger partial charge >= 0.3 is 0 Å². The Labute approximate surface area is 69.7 Å². The second kappa shape index (κ2) is 6.30. The van der Waals surface area contributed by atoms with Gasteiger partial charge in [0.2, 0.25) is 5.91 Å². The van der Waals surface area contributed by atoms with Gasteiger partial charge in [-0.2, -0.15) is 0 Å². The number of carbonyl (C=O) groups is 1. The number of hydrogen-bond acceptors (Lipinski definition) is 2. The highest BCUT2D eigenvalue weighted by Crippen LogP contribution is 1.87. The number of amides is 1. The maximum atomic E-state index is 11.4. The highest BCUT2D eigenvalue weighted by molar-refractivity contribution is 5.85. The maximum absolute atomic E-state index is 11.4. The Morgan fingerprint density at radius 1 is 1.64 bits per heavy atom. The highest BCUT2D eigenvalue weighted by atomic mass is 35.5. The second-order valence-corrected chi connectivity index (χ2v) is 1.92. The van der Waals surface area contributed by atoms with Crippen LogP contribution in [0.25, 0.3) is 0 Å². The van der Waals surface area contributed by atoms with Gasteiger partial charge in [0.1, 0.15) is 0 Å². The van der Waals surface area contributed by atoms with E-state index in [9.17, 15) is 13.6 Å². The molecule has 0 aliphatic heterocycles. The third-order valence-electron chi connectivity index (χ3n) is 0.844. The lowest BCUT2D eigenvalue weighted by molar-refractivity contribution is -0.122. The van der Waals surface area contributed by atoms with Crippen molar-refractivity contribution < 1.29 is 13.6 Å². The zero-order valence-corrected chi connectivity index (χ0v) is 6.83. The second-order valence-electron chi connectivity index (χ2n) is 1.92. The van der Waals surface area contributed by atoms with Crippen LogP contribution < -0.4 is 11.1 Å². The molecular weight excluding hydrogens is 178 g/mol. The molecule has 1 amide bonds. The first kappa shape index (κ1) is 13.2. The molecule has 0 radical (unpaired) electrons. The van der Waals surface area contributed by atoms with Crippen molar-refractivity contribution in [1.82, 2.24) is 5.32 Å². The van der Waals surface area contributed by atoms with Crippen molar-refractivity contribution in [2.24, 2.45) is 5.73 Å². The fourth-order valence-corrected chi connectivity index (χ4v) is 0.339. The minimum Gasteiger partial charge on any atom is -0.349 e. The van der Waals surface area contributed by atoms with Crippen LogP contribution in [0.5, 0.6) is 0 Å². The number of carbonyl (C=O) groups excluding carboxylic acids is 1. The summed E-state index contributed by atoms with van der Waals surface area (Å²) in [4.78, 5) is 10.5. The summed E-state index contributed by atoms with van der Waals surface area (Å²) in [5.41, 5.74) is 5.07. The summed E-state index contributed by atoms with van der Waals surface area (Å²) >= 11 is 0. The monoisotopic (exact) mass is 188 g/mol. The van der Waals surface area contributed by atoms with Crippen LogP contribution in [-0.4, -0.2) is 24.9 Å². The van der Waals surface area contributed by atoms with Gasteiger partial charge in [-0.25, -0.2) is 8.78 Å². The van der Waals surface area contributed by atoms with Crippen LogP contribution in [0.1, 0.15) is 6.92 Å². The summed E-state index contributed by atoms with van der Waals surface area (Å²) in [5.74, 6) is -0.555. The molecule has 6 heteroatoms. The van der Waals surface area contributed by atoms with Crippen LogP contribution in [0.4, 0.5) is 8.78 Å². The summed E-state index contributed by atoms with van der Waals surface area (Å²) in [6.07, 6.45) is -2.51. The Bertz CT molecular complexity index is 121. The Kier molecular flexibility index (Phi) is 7.55.